The van der Waals surface area contributed by atoms with Crippen molar-refractivity contribution in [2.45, 2.75) is 235 Å². The van der Waals surface area contributed by atoms with Gasteiger partial charge in [0.25, 0.3) is 0 Å². The average molecular weight is 759 g/mol. The molecule has 2 aliphatic heterocycles. The van der Waals surface area contributed by atoms with Crippen molar-refractivity contribution in [3.8, 4) is 0 Å². The van der Waals surface area contributed by atoms with E-state index in [4.69, 9.17) is 9.47 Å². The maximum atomic E-state index is 13.7. The zero-order chi connectivity index (χ0) is 38.1. The Labute approximate surface area is 320 Å². The van der Waals surface area contributed by atoms with Crippen molar-refractivity contribution in [2.75, 3.05) is 19.8 Å². The molecular formula is C42H79FN2O8. The summed E-state index contributed by atoms with van der Waals surface area (Å²) >= 11 is 0. The molecule has 2 heterocycles. The van der Waals surface area contributed by atoms with Crippen LogP contribution in [0.4, 0.5) is 4.39 Å². The zero-order valence-corrected chi connectivity index (χ0v) is 33.2. The van der Waals surface area contributed by atoms with Crippen LogP contribution >= 0.6 is 0 Å². The molecule has 0 aromatic carbocycles. The highest BCUT2D eigenvalue weighted by Crippen LogP contribution is 2.71. The van der Waals surface area contributed by atoms with Gasteiger partial charge in [-0.1, -0.05) is 135 Å². The Bertz CT molecular complexity index is 960. The molecule has 53 heavy (non-hydrogen) atoms. The first-order chi connectivity index (χ1) is 25.6. The van der Waals surface area contributed by atoms with Crippen LogP contribution in [0.15, 0.2) is 0 Å². The van der Waals surface area contributed by atoms with Crippen molar-refractivity contribution >= 4 is 0 Å². The smallest absolute Gasteiger partial charge is 0.186 e. The standard InChI is InChI=1S/C42H79FN2O8/c1-2-3-4-5-6-7-8-9-10-14-17-20-23-33(47)35(48)32(27-52-40-38(51)37(50)36(49)34(26-46)53-40)39-44-25-31(45-39)22-19-16-13-11-12-15-18-21-24-41-28-42(43,29-41)30-41/h31-40,44-51H,2-30H2,1H3/t31?,32-,33+,34?,35-,36?,37?,38?,39?,40?,41?,42?/m0/s1. The monoisotopic (exact) mass is 759 g/mol. The number of alkyl halides is 1. The minimum Gasteiger partial charge on any atom is -0.394 e. The van der Waals surface area contributed by atoms with E-state index in [0.29, 0.717) is 11.8 Å². The molecule has 8 N–H and O–H groups in total. The van der Waals surface area contributed by atoms with Gasteiger partial charge in [0.1, 0.15) is 30.1 Å². The van der Waals surface area contributed by atoms with E-state index >= 15 is 0 Å². The number of hydrogen-bond acceptors (Lipinski definition) is 10. The van der Waals surface area contributed by atoms with Gasteiger partial charge >= 0.3 is 0 Å². The number of rotatable bonds is 31. The van der Waals surface area contributed by atoms with Crippen LogP contribution in [0.5, 0.6) is 0 Å². The van der Waals surface area contributed by atoms with E-state index in [-0.39, 0.29) is 18.8 Å². The number of nitrogens with one attached hydrogen (secondary N) is 2. The molecule has 10 atom stereocenters. The third-order valence-electron chi connectivity index (χ3n) is 13.0. The van der Waals surface area contributed by atoms with Crippen LogP contribution in [0.2, 0.25) is 0 Å². The number of aliphatic hydroxyl groups excluding tert-OH is 6. The summed E-state index contributed by atoms with van der Waals surface area (Å²) in [5, 5.41) is 70.2. The summed E-state index contributed by atoms with van der Waals surface area (Å²) in [6.45, 7) is 2.35. The molecule has 3 saturated carbocycles. The van der Waals surface area contributed by atoms with Crippen molar-refractivity contribution in [1.82, 2.24) is 10.6 Å². The highest BCUT2D eigenvalue weighted by atomic mass is 19.1. The quantitative estimate of drug-likeness (QED) is 0.0399. The van der Waals surface area contributed by atoms with E-state index in [1.54, 1.807) is 0 Å². The molecule has 7 unspecified atom stereocenters. The van der Waals surface area contributed by atoms with Crippen LogP contribution in [0.25, 0.3) is 0 Å². The van der Waals surface area contributed by atoms with Gasteiger partial charge in [-0.3, -0.25) is 10.6 Å². The normalized spacial score (nSPS) is 34.1. The highest BCUT2D eigenvalue weighted by molar-refractivity contribution is 5.18. The molecule has 5 fully saturated rings. The fraction of sp³-hybridized carbons (Fsp3) is 1.00. The minimum absolute atomic E-state index is 0.0750. The SMILES string of the molecule is CCCCCCCCCCCCCC[C@@H](O)[C@@H](O)[C@H](COC1OC(CO)C(O)C(O)C1O)C1NCC(CCCCCCCCCCC23CC(F)(C2)C3)N1. The number of ether oxygens (including phenoxy) is 2. The third-order valence-corrected chi connectivity index (χ3v) is 13.0. The first-order valence-electron chi connectivity index (χ1n) is 22.1. The second-order valence-corrected chi connectivity index (χ2v) is 17.7. The van der Waals surface area contributed by atoms with Crippen molar-refractivity contribution < 1.29 is 44.5 Å². The van der Waals surface area contributed by atoms with Gasteiger partial charge in [-0.05, 0) is 43.9 Å². The van der Waals surface area contributed by atoms with Crippen molar-refractivity contribution in [3.05, 3.63) is 0 Å². The summed E-state index contributed by atoms with van der Waals surface area (Å²) in [4.78, 5) is 0. The molecule has 0 aromatic rings. The predicted molar refractivity (Wildman–Crippen MR) is 206 cm³/mol. The fourth-order valence-electron chi connectivity index (χ4n) is 9.63. The lowest BCUT2D eigenvalue weighted by Crippen LogP contribution is -2.64. The highest BCUT2D eigenvalue weighted by Gasteiger charge is 2.68. The average Bonchev–Trinajstić information content (AvgIpc) is 3.59. The summed E-state index contributed by atoms with van der Waals surface area (Å²) in [5.74, 6) is -0.576. The first kappa shape index (κ1) is 45.2. The third kappa shape index (κ3) is 14.5. The Hall–Kier alpha value is -0.470. The lowest BCUT2D eigenvalue weighted by Gasteiger charge is -2.66. The fourth-order valence-corrected chi connectivity index (χ4v) is 9.63. The van der Waals surface area contributed by atoms with Crippen LogP contribution in [-0.4, -0.2) is 111 Å². The second-order valence-electron chi connectivity index (χ2n) is 17.7. The van der Waals surface area contributed by atoms with Gasteiger partial charge in [-0.2, -0.15) is 0 Å². The maximum Gasteiger partial charge on any atom is 0.186 e. The molecule has 2 bridgehead atoms. The van der Waals surface area contributed by atoms with Crippen molar-refractivity contribution in [1.29, 1.82) is 0 Å². The van der Waals surface area contributed by atoms with E-state index in [2.05, 4.69) is 17.6 Å². The van der Waals surface area contributed by atoms with Gasteiger partial charge in [0.2, 0.25) is 0 Å². The summed E-state index contributed by atoms with van der Waals surface area (Å²) in [7, 11) is 0. The van der Waals surface area contributed by atoms with Crippen LogP contribution in [0.3, 0.4) is 0 Å². The van der Waals surface area contributed by atoms with E-state index in [1.165, 1.54) is 109 Å². The number of aliphatic hydroxyl groups is 6. The van der Waals surface area contributed by atoms with Crippen molar-refractivity contribution in [3.63, 3.8) is 0 Å². The summed E-state index contributed by atoms with van der Waals surface area (Å²) in [6.07, 6.45) is 20.3. The number of unbranched alkanes of at least 4 members (excludes halogenated alkanes) is 18. The van der Waals surface area contributed by atoms with Crippen LogP contribution in [-0.2, 0) is 9.47 Å². The van der Waals surface area contributed by atoms with E-state index in [0.717, 1.165) is 57.9 Å². The van der Waals surface area contributed by atoms with Gasteiger partial charge < -0.3 is 40.1 Å². The molecule has 10 nitrogen and oxygen atoms in total. The predicted octanol–water partition coefficient (Wildman–Crippen LogP) is 5.91. The molecule has 0 amide bonds. The van der Waals surface area contributed by atoms with Gasteiger partial charge in [0.15, 0.2) is 6.29 Å². The van der Waals surface area contributed by atoms with Gasteiger partial charge in [0, 0.05) is 18.5 Å². The summed E-state index contributed by atoms with van der Waals surface area (Å²) in [6, 6.07) is 0.218. The zero-order valence-electron chi connectivity index (χ0n) is 33.2. The van der Waals surface area contributed by atoms with Gasteiger partial charge in [0.05, 0.1) is 31.6 Å². The largest absolute Gasteiger partial charge is 0.394 e. The van der Waals surface area contributed by atoms with Crippen molar-refractivity contribution in [2.24, 2.45) is 11.3 Å². The van der Waals surface area contributed by atoms with E-state index in [1.807, 2.05) is 0 Å². The number of halogens is 1. The first-order valence-corrected chi connectivity index (χ1v) is 22.1. The Kier molecular flexibility index (Phi) is 20.2. The molecule has 0 radical (unpaired) electrons. The van der Waals surface area contributed by atoms with E-state index in [9.17, 15) is 35.0 Å². The minimum atomic E-state index is -1.55. The lowest BCUT2D eigenvalue weighted by molar-refractivity contribution is -0.305. The molecule has 5 rings (SSSR count). The van der Waals surface area contributed by atoms with Crippen LogP contribution < -0.4 is 10.6 Å². The molecule has 312 valence electrons. The van der Waals surface area contributed by atoms with Crippen LogP contribution in [0, 0.1) is 11.3 Å². The Balaban J connectivity index is 1.13. The summed E-state index contributed by atoms with van der Waals surface area (Å²) < 4.78 is 25.2. The molecular weight excluding hydrogens is 679 g/mol. The molecule has 2 saturated heterocycles. The topological polar surface area (TPSA) is 164 Å². The molecule has 0 aromatic heterocycles. The Morgan fingerprint density at radius 1 is 0.736 bits per heavy atom. The Morgan fingerprint density at radius 2 is 1.28 bits per heavy atom. The molecule has 0 spiro atoms. The summed E-state index contributed by atoms with van der Waals surface area (Å²) in [5.41, 5.74) is -0.383. The molecule has 3 aliphatic carbocycles. The van der Waals surface area contributed by atoms with Gasteiger partial charge in [-0.15, -0.1) is 0 Å². The van der Waals surface area contributed by atoms with Gasteiger partial charge in [-0.25, -0.2) is 4.39 Å². The molecule has 5 aliphatic rings. The van der Waals surface area contributed by atoms with E-state index < -0.39 is 61.1 Å². The van der Waals surface area contributed by atoms with Crippen LogP contribution in [0.1, 0.15) is 174 Å². The number of hydrogen-bond donors (Lipinski definition) is 8. The lowest BCUT2D eigenvalue weighted by atomic mass is 9.41. The molecule has 11 heteroatoms. The second kappa shape index (κ2) is 23.7. The Morgan fingerprint density at radius 3 is 1.85 bits per heavy atom. The maximum absolute atomic E-state index is 13.7.